The molecule has 1 aliphatic heterocycles. The standard InChI is InChI=1S/C21H21NO8/c1-3-28-20(25)9-6-16(23)13-4-7-17-15(10-13)22(19(24)12-29-17)11-14-5-8-18(30-14)21(26)27-2/h4-5,7-8,10H,3,6,9,11-12H2,1-2H3. The smallest absolute Gasteiger partial charge is 0.373 e. The molecular weight excluding hydrogens is 394 g/mol. The van der Waals surface area contributed by atoms with Crippen LogP contribution in [0.2, 0.25) is 0 Å². The summed E-state index contributed by atoms with van der Waals surface area (Å²) in [4.78, 5) is 49.4. The van der Waals surface area contributed by atoms with E-state index in [-0.39, 0.29) is 50.1 Å². The van der Waals surface area contributed by atoms with E-state index < -0.39 is 11.9 Å². The highest BCUT2D eigenvalue weighted by Crippen LogP contribution is 2.34. The van der Waals surface area contributed by atoms with Gasteiger partial charge in [0.05, 0.1) is 32.4 Å². The lowest BCUT2D eigenvalue weighted by atomic mass is 10.0. The van der Waals surface area contributed by atoms with Crippen molar-refractivity contribution in [2.24, 2.45) is 0 Å². The molecule has 0 spiro atoms. The molecule has 2 aromatic rings. The third-order valence-electron chi connectivity index (χ3n) is 4.45. The van der Waals surface area contributed by atoms with Crippen molar-refractivity contribution in [2.45, 2.75) is 26.3 Å². The minimum atomic E-state index is -0.621. The van der Waals surface area contributed by atoms with Crippen molar-refractivity contribution in [1.29, 1.82) is 0 Å². The predicted octanol–water partition coefficient (Wildman–Crippen LogP) is 2.52. The maximum absolute atomic E-state index is 12.5. The number of ketones is 1. The van der Waals surface area contributed by atoms with E-state index in [4.69, 9.17) is 13.9 Å². The number of ether oxygens (including phenoxy) is 3. The predicted molar refractivity (Wildman–Crippen MR) is 103 cm³/mol. The van der Waals surface area contributed by atoms with Crippen LogP contribution in [0.1, 0.15) is 46.4 Å². The molecule has 0 bridgehead atoms. The number of furan rings is 1. The summed E-state index contributed by atoms with van der Waals surface area (Å²) in [5.74, 6) is -0.805. The van der Waals surface area contributed by atoms with Gasteiger partial charge in [-0.25, -0.2) is 4.79 Å². The zero-order valence-electron chi connectivity index (χ0n) is 16.6. The first-order chi connectivity index (χ1) is 14.4. The van der Waals surface area contributed by atoms with Crippen LogP contribution in [0, 0.1) is 0 Å². The summed E-state index contributed by atoms with van der Waals surface area (Å²) in [6.07, 6.45) is -0.0291. The summed E-state index contributed by atoms with van der Waals surface area (Å²) in [5, 5.41) is 0. The second-order valence-corrected chi connectivity index (χ2v) is 6.44. The average Bonchev–Trinajstić information content (AvgIpc) is 3.22. The number of Topliss-reactive ketones (excluding diaryl/α,β-unsaturated/α-hetero) is 1. The Morgan fingerprint density at radius 2 is 1.93 bits per heavy atom. The number of carbonyl (C=O) groups is 4. The van der Waals surface area contributed by atoms with Gasteiger partial charge >= 0.3 is 11.9 Å². The molecule has 158 valence electrons. The molecule has 0 fully saturated rings. The van der Waals surface area contributed by atoms with Crippen LogP contribution in [0.5, 0.6) is 5.75 Å². The lowest BCUT2D eigenvalue weighted by Crippen LogP contribution is -2.38. The van der Waals surface area contributed by atoms with Crippen LogP contribution in [-0.2, 0) is 25.6 Å². The fraction of sp³-hybridized carbons (Fsp3) is 0.333. The second kappa shape index (κ2) is 9.25. The number of methoxy groups -OCH3 is 1. The minimum absolute atomic E-state index is 0.00685. The third-order valence-corrected chi connectivity index (χ3v) is 4.45. The molecule has 0 saturated carbocycles. The van der Waals surface area contributed by atoms with Gasteiger partial charge < -0.3 is 18.6 Å². The summed E-state index contributed by atoms with van der Waals surface area (Å²) in [7, 11) is 1.24. The van der Waals surface area contributed by atoms with Gasteiger partial charge in [-0.3, -0.25) is 19.3 Å². The molecule has 0 aliphatic carbocycles. The number of esters is 2. The van der Waals surface area contributed by atoms with Gasteiger partial charge in [-0.2, -0.15) is 0 Å². The molecular formula is C21H21NO8. The maximum atomic E-state index is 12.5. The van der Waals surface area contributed by atoms with Crippen molar-refractivity contribution >= 4 is 29.3 Å². The summed E-state index contributed by atoms with van der Waals surface area (Å²) in [5.41, 5.74) is 0.750. The Kier molecular flexibility index (Phi) is 6.51. The quantitative estimate of drug-likeness (QED) is 0.477. The van der Waals surface area contributed by atoms with Crippen LogP contribution in [0.4, 0.5) is 5.69 Å². The first-order valence-corrected chi connectivity index (χ1v) is 9.36. The van der Waals surface area contributed by atoms with Crippen LogP contribution in [0.15, 0.2) is 34.7 Å². The Bertz CT molecular complexity index is 977. The Morgan fingerprint density at radius 3 is 2.67 bits per heavy atom. The van der Waals surface area contributed by atoms with Gasteiger partial charge in [0.2, 0.25) is 5.76 Å². The van der Waals surface area contributed by atoms with E-state index >= 15 is 0 Å². The van der Waals surface area contributed by atoms with Crippen molar-refractivity contribution in [3.8, 4) is 5.75 Å². The van der Waals surface area contributed by atoms with Gasteiger partial charge in [-0.05, 0) is 37.3 Å². The number of benzene rings is 1. The van der Waals surface area contributed by atoms with Crippen molar-refractivity contribution < 1.29 is 37.8 Å². The van der Waals surface area contributed by atoms with E-state index in [1.54, 1.807) is 31.2 Å². The molecule has 0 N–H and O–H groups in total. The van der Waals surface area contributed by atoms with Crippen LogP contribution >= 0.6 is 0 Å². The van der Waals surface area contributed by atoms with Gasteiger partial charge in [-0.15, -0.1) is 0 Å². The van der Waals surface area contributed by atoms with Crippen molar-refractivity contribution in [3.63, 3.8) is 0 Å². The van der Waals surface area contributed by atoms with E-state index in [0.717, 1.165) is 0 Å². The Labute approximate surface area is 172 Å². The van der Waals surface area contributed by atoms with E-state index in [0.29, 0.717) is 22.8 Å². The molecule has 1 aliphatic rings. The monoisotopic (exact) mass is 415 g/mol. The highest BCUT2D eigenvalue weighted by Gasteiger charge is 2.28. The van der Waals surface area contributed by atoms with Crippen molar-refractivity contribution in [1.82, 2.24) is 0 Å². The van der Waals surface area contributed by atoms with Crippen molar-refractivity contribution in [3.05, 3.63) is 47.4 Å². The number of amides is 1. The van der Waals surface area contributed by atoms with Crippen LogP contribution < -0.4 is 9.64 Å². The zero-order valence-corrected chi connectivity index (χ0v) is 16.6. The molecule has 30 heavy (non-hydrogen) atoms. The van der Waals surface area contributed by atoms with E-state index in [2.05, 4.69) is 4.74 Å². The van der Waals surface area contributed by atoms with E-state index in [9.17, 15) is 19.2 Å². The number of anilines is 1. The van der Waals surface area contributed by atoms with Gasteiger partial charge in [0.1, 0.15) is 11.5 Å². The first-order valence-electron chi connectivity index (χ1n) is 9.36. The average molecular weight is 415 g/mol. The van der Waals surface area contributed by atoms with Crippen LogP contribution in [0.3, 0.4) is 0 Å². The summed E-state index contributed by atoms with van der Waals surface area (Å²) in [6, 6.07) is 7.77. The Morgan fingerprint density at radius 1 is 1.13 bits per heavy atom. The molecule has 0 unspecified atom stereocenters. The summed E-state index contributed by atoms with van der Waals surface area (Å²) in [6.45, 7) is 1.84. The third kappa shape index (κ3) is 4.68. The Hall–Kier alpha value is -3.62. The van der Waals surface area contributed by atoms with Crippen LogP contribution in [-0.4, -0.2) is 44.0 Å². The molecule has 2 heterocycles. The first kappa shape index (κ1) is 21.1. The lowest BCUT2D eigenvalue weighted by molar-refractivity contribution is -0.143. The number of nitrogens with zero attached hydrogens (tertiary/aromatic N) is 1. The Balaban J connectivity index is 1.79. The van der Waals surface area contributed by atoms with Crippen molar-refractivity contribution in [2.75, 3.05) is 25.2 Å². The molecule has 1 aromatic heterocycles. The number of hydrogen-bond acceptors (Lipinski definition) is 8. The zero-order chi connectivity index (χ0) is 21.7. The molecule has 9 heteroatoms. The molecule has 3 rings (SSSR count). The molecule has 0 radical (unpaired) electrons. The highest BCUT2D eigenvalue weighted by atomic mass is 16.5. The SMILES string of the molecule is CCOC(=O)CCC(=O)c1ccc2c(c1)N(Cc1ccc(C(=O)OC)o1)C(=O)CO2. The second-order valence-electron chi connectivity index (χ2n) is 6.44. The number of fused-ring (bicyclic) bond motifs is 1. The fourth-order valence-electron chi connectivity index (χ4n) is 2.97. The van der Waals surface area contributed by atoms with Gasteiger partial charge in [0, 0.05) is 12.0 Å². The molecule has 1 amide bonds. The van der Waals surface area contributed by atoms with E-state index in [1.807, 2.05) is 0 Å². The lowest BCUT2D eigenvalue weighted by Gasteiger charge is -2.29. The van der Waals surface area contributed by atoms with Gasteiger partial charge in [0.15, 0.2) is 12.4 Å². The highest BCUT2D eigenvalue weighted by molar-refractivity contribution is 6.02. The van der Waals surface area contributed by atoms with Crippen LogP contribution in [0.25, 0.3) is 0 Å². The number of carbonyl (C=O) groups excluding carboxylic acids is 4. The molecule has 0 saturated heterocycles. The molecule has 9 nitrogen and oxygen atoms in total. The number of hydrogen-bond donors (Lipinski definition) is 0. The van der Waals surface area contributed by atoms with Gasteiger partial charge in [-0.1, -0.05) is 0 Å². The normalized spacial score (nSPS) is 12.7. The summed E-state index contributed by atoms with van der Waals surface area (Å²) >= 11 is 0. The largest absolute Gasteiger partial charge is 0.482 e. The fourth-order valence-corrected chi connectivity index (χ4v) is 2.97. The van der Waals surface area contributed by atoms with Gasteiger partial charge in [0.25, 0.3) is 5.91 Å². The van der Waals surface area contributed by atoms with E-state index in [1.165, 1.54) is 18.1 Å². The summed E-state index contributed by atoms with van der Waals surface area (Å²) < 4.78 is 20.3. The molecule has 1 aromatic carbocycles. The minimum Gasteiger partial charge on any atom is -0.482 e. The number of rotatable bonds is 8. The topological polar surface area (TPSA) is 112 Å². The molecule has 0 atom stereocenters. The maximum Gasteiger partial charge on any atom is 0.373 e.